The van der Waals surface area contributed by atoms with Gasteiger partial charge in [0, 0.05) is 15.7 Å². The molecule has 0 aromatic heterocycles. The normalized spacial score (nSPS) is 16.8. The van der Waals surface area contributed by atoms with E-state index in [-0.39, 0.29) is 0 Å². The number of aldehydes is 1. The smallest absolute Gasteiger partial charge is 0.150 e. The number of benzene rings is 2. The topological polar surface area (TPSA) is 26.3 Å². The maximum atomic E-state index is 10.7. The van der Waals surface area contributed by atoms with Crippen molar-refractivity contribution in [3.63, 3.8) is 0 Å². The highest BCUT2D eigenvalue weighted by molar-refractivity contribution is 9.10. The number of hydrogen-bond acceptors (Lipinski definition) is 3. The molecule has 0 spiro atoms. The minimum atomic E-state index is 0.449. The van der Waals surface area contributed by atoms with E-state index in [0.717, 1.165) is 22.9 Å². The van der Waals surface area contributed by atoms with Crippen LogP contribution in [0.3, 0.4) is 0 Å². The summed E-state index contributed by atoms with van der Waals surface area (Å²) in [6.45, 7) is 0.665. The molecule has 1 atom stereocenters. The van der Waals surface area contributed by atoms with Crippen LogP contribution < -0.4 is 4.74 Å². The van der Waals surface area contributed by atoms with Gasteiger partial charge >= 0.3 is 0 Å². The molecular weight excluding hydrogens is 336 g/mol. The van der Waals surface area contributed by atoms with Gasteiger partial charge in [0.2, 0.25) is 0 Å². The lowest BCUT2D eigenvalue weighted by Crippen LogP contribution is -2.13. The molecule has 2 nitrogen and oxygen atoms in total. The fourth-order valence-corrected chi connectivity index (χ4v) is 3.97. The molecule has 4 heteroatoms. The average molecular weight is 349 g/mol. The van der Waals surface area contributed by atoms with Crippen LogP contribution in [0.1, 0.15) is 15.9 Å². The Morgan fingerprint density at radius 3 is 2.90 bits per heavy atom. The van der Waals surface area contributed by atoms with Crippen molar-refractivity contribution >= 4 is 34.0 Å². The number of ether oxygens (including phenoxy) is 1. The number of hydrogen-bond donors (Lipinski definition) is 0. The van der Waals surface area contributed by atoms with Crippen molar-refractivity contribution in [3.8, 4) is 5.75 Å². The molecule has 1 aliphatic rings. The van der Waals surface area contributed by atoms with E-state index >= 15 is 0 Å². The lowest BCUT2D eigenvalue weighted by atomic mass is 10.1. The Hall–Kier alpha value is -1.26. The van der Waals surface area contributed by atoms with E-state index in [1.807, 2.05) is 17.8 Å². The van der Waals surface area contributed by atoms with E-state index in [2.05, 4.69) is 40.2 Å². The van der Waals surface area contributed by atoms with Crippen LogP contribution in [0.25, 0.3) is 0 Å². The van der Waals surface area contributed by atoms with Crippen molar-refractivity contribution in [2.75, 3.05) is 6.61 Å². The molecule has 102 valence electrons. The number of rotatable bonds is 4. The van der Waals surface area contributed by atoms with Crippen LogP contribution in [0.2, 0.25) is 0 Å². The number of fused-ring (bicyclic) bond motifs is 1. The summed E-state index contributed by atoms with van der Waals surface area (Å²) in [7, 11) is 0. The zero-order valence-corrected chi connectivity index (χ0v) is 13.1. The summed E-state index contributed by atoms with van der Waals surface area (Å²) in [5, 5.41) is 0.449. The summed E-state index contributed by atoms with van der Waals surface area (Å²) >= 11 is 5.31. The van der Waals surface area contributed by atoms with Gasteiger partial charge in [-0.25, -0.2) is 0 Å². The number of carbonyl (C=O) groups excluding carboxylic acids is 1. The quantitative estimate of drug-likeness (QED) is 0.768. The Balaban J connectivity index is 1.63. The minimum absolute atomic E-state index is 0.449. The largest absolute Gasteiger partial charge is 0.491 e. The molecule has 2 aromatic rings. The molecule has 3 rings (SSSR count). The fourth-order valence-electron chi connectivity index (χ4n) is 2.24. The summed E-state index contributed by atoms with van der Waals surface area (Å²) in [5.74, 6) is 0.784. The van der Waals surface area contributed by atoms with Crippen LogP contribution in [-0.4, -0.2) is 18.1 Å². The third-order valence-corrected chi connectivity index (χ3v) is 5.14. The molecule has 0 saturated heterocycles. The van der Waals surface area contributed by atoms with E-state index in [1.54, 1.807) is 12.1 Å². The van der Waals surface area contributed by atoms with Crippen molar-refractivity contribution in [3.05, 3.63) is 58.1 Å². The first-order chi connectivity index (χ1) is 9.76. The first-order valence-electron chi connectivity index (χ1n) is 6.38. The summed E-state index contributed by atoms with van der Waals surface area (Å²) in [6, 6.07) is 13.9. The molecule has 0 radical (unpaired) electrons. The molecular formula is C16H13BrO2S. The molecule has 0 aliphatic carbocycles. The van der Waals surface area contributed by atoms with Gasteiger partial charge in [-0.05, 0) is 52.2 Å². The zero-order chi connectivity index (χ0) is 13.9. The van der Waals surface area contributed by atoms with Crippen LogP contribution in [0.15, 0.2) is 51.8 Å². The Kier molecular flexibility index (Phi) is 4.13. The maximum Gasteiger partial charge on any atom is 0.150 e. The summed E-state index contributed by atoms with van der Waals surface area (Å²) < 4.78 is 6.69. The Morgan fingerprint density at radius 2 is 2.15 bits per heavy atom. The van der Waals surface area contributed by atoms with Gasteiger partial charge in [-0.15, -0.1) is 11.8 Å². The van der Waals surface area contributed by atoms with Crippen molar-refractivity contribution in [2.24, 2.45) is 0 Å². The maximum absolute atomic E-state index is 10.7. The molecule has 20 heavy (non-hydrogen) atoms. The number of carbonyl (C=O) groups is 1. The fraction of sp³-hybridized carbons (Fsp3) is 0.188. The summed E-state index contributed by atoms with van der Waals surface area (Å²) in [5.41, 5.74) is 2.05. The van der Waals surface area contributed by atoms with Crippen LogP contribution >= 0.6 is 27.7 Å². The van der Waals surface area contributed by atoms with Gasteiger partial charge in [-0.1, -0.05) is 18.2 Å². The third-order valence-electron chi connectivity index (χ3n) is 3.23. The van der Waals surface area contributed by atoms with E-state index in [1.165, 1.54) is 10.5 Å². The second-order valence-electron chi connectivity index (χ2n) is 4.67. The van der Waals surface area contributed by atoms with E-state index in [0.29, 0.717) is 17.4 Å². The molecule has 1 unspecified atom stereocenters. The molecule has 1 aliphatic heterocycles. The van der Waals surface area contributed by atoms with Crippen molar-refractivity contribution in [1.82, 2.24) is 0 Å². The standard InChI is InChI=1S/C16H13BrO2S/c17-14-7-11(9-18)5-6-15(14)19-10-13-8-12-3-1-2-4-16(12)20-13/h1-7,9,13H,8,10H2. The van der Waals surface area contributed by atoms with Gasteiger partial charge in [-0.3, -0.25) is 4.79 Å². The minimum Gasteiger partial charge on any atom is -0.491 e. The van der Waals surface area contributed by atoms with Crippen LogP contribution in [-0.2, 0) is 6.42 Å². The van der Waals surface area contributed by atoms with Crippen molar-refractivity contribution < 1.29 is 9.53 Å². The lowest BCUT2D eigenvalue weighted by Gasteiger charge is -2.12. The van der Waals surface area contributed by atoms with Crippen LogP contribution in [0.5, 0.6) is 5.75 Å². The number of halogens is 1. The Labute approximate surface area is 130 Å². The second-order valence-corrected chi connectivity index (χ2v) is 6.87. The van der Waals surface area contributed by atoms with Crippen LogP contribution in [0.4, 0.5) is 0 Å². The van der Waals surface area contributed by atoms with Crippen molar-refractivity contribution in [1.29, 1.82) is 0 Å². The van der Waals surface area contributed by atoms with Crippen LogP contribution in [0, 0.1) is 0 Å². The van der Waals surface area contributed by atoms with Gasteiger partial charge < -0.3 is 4.74 Å². The molecule has 2 aromatic carbocycles. The zero-order valence-electron chi connectivity index (χ0n) is 10.7. The Morgan fingerprint density at radius 1 is 1.30 bits per heavy atom. The van der Waals surface area contributed by atoms with Gasteiger partial charge in [-0.2, -0.15) is 0 Å². The molecule has 0 saturated carbocycles. The Bertz CT molecular complexity index is 617. The molecule has 0 bridgehead atoms. The number of thioether (sulfide) groups is 1. The second kappa shape index (κ2) is 6.02. The first kappa shape index (κ1) is 13.7. The van der Waals surface area contributed by atoms with E-state index in [9.17, 15) is 4.79 Å². The highest BCUT2D eigenvalue weighted by Crippen LogP contribution is 2.37. The first-order valence-corrected chi connectivity index (χ1v) is 8.05. The van der Waals surface area contributed by atoms with Gasteiger partial charge in [0.05, 0.1) is 4.47 Å². The lowest BCUT2D eigenvalue weighted by molar-refractivity contribution is 0.112. The molecule has 1 heterocycles. The molecule has 0 fully saturated rings. The monoisotopic (exact) mass is 348 g/mol. The highest BCUT2D eigenvalue weighted by Gasteiger charge is 2.22. The molecule has 0 N–H and O–H groups in total. The third kappa shape index (κ3) is 2.91. The summed E-state index contributed by atoms with van der Waals surface area (Å²) in [6.07, 6.45) is 1.88. The predicted molar refractivity (Wildman–Crippen MR) is 84.8 cm³/mol. The average Bonchev–Trinajstić information content (AvgIpc) is 2.88. The van der Waals surface area contributed by atoms with Crippen molar-refractivity contribution in [2.45, 2.75) is 16.6 Å². The highest BCUT2D eigenvalue weighted by atomic mass is 79.9. The van der Waals surface area contributed by atoms with Gasteiger partial charge in [0.15, 0.2) is 0 Å². The SMILES string of the molecule is O=Cc1ccc(OCC2Cc3ccccc3S2)c(Br)c1. The van der Waals surface area contributed by atoms with E-state index in [4.69, 9.17) is 4.74 Å². The predicted octanol–water partition coefficient (Wildman–Crippen LogP) is 4.36. The van der Waals surface area contributed by atoms with Gasteiger partial charge in [0.25, 0.3) is 0 Å². The van der Waals surface area contributed by atoms with Gasteiger partial charge in [0.1, 0.15) is 18.6 Å². The molecule has 0 amide bonds. The van der Waals surface area contributed by atoms with E-state index < -0.39 is 0 Å². The summed E-state index contributed by atoms with van der Waals surface area (Å²) in [4.78, 5) is 12.1.